The minimum atomic E-state index is -0.192. The number of amides is 1. The molecular formula is C11H16BN2O. The van der Waals surface area contributed by atoms with Crippen molar-refractivity contribution < 1.29 is 4.79 Å². The van der Waals surface area contributed by atoms with E-state index < -0.39 is 0 Å². The Hall–Kier alpha value is -1.29. The minimum Gasteiger partial charge on any atom is -0.358 e. The lowest BCUT2D eigenvalue weighted by atomic mass is 9.94. The molecule has 15 heavy (non-hydrogen) atoms. The summed E-state index contributed by atoms with van der Waals surface area (Å²) in [6.45, 7) is 1.88. The summed E-state index contributed by atoms with van der Waals surface area (Å²) < 4.78 is 0. The molecule has 0 heterocycles. The number of hydrogen-bond acceptors (Lipinski definition) is 2. The smallest absolute Gasteiger partial charge is 0.236 e. The summed E-state index contributed by atoms with van der Waals surface area (Å²) in [5, 5.41) is 5.69. The number of carbonyl (C=O) groups excluding carboxylic acids is 1. The van der Waals surface area contributed by atoms with Gasteiger partial charge < -0.3 is 10.5 Å². The predicted molar refractivity (Wildman–Crippen MR) is 62.8 cm³/mol. The first kappa shape index (κ1) is 11.8. The van der Waals surface area contributed by atoms with Gasteiger partial charge in [-0.25, -0.2) is 0 Å². The van der Waals surface area contributed by atoms with Gasteiger partial charge in [-0.2, -0.15) is 0 Å². The monoisotopic (exact) mass is 203 g/mol. The Morgan fingerprint density at radius 2 is 2.07 bits per heavy atom. The van der Waals surface area contributed by atoms with E-state index >= 15 is 0 Å². The van der Waals surface area contributed by atoms with Crippen LogP contribution >= 0.6 is 0 Å². The van der Waals surface area contributed by atoms with Crippen LogP contribution in [0.2, 0.25) is 6.82 Å². The van der Waals surface area contributed by atoms with E-state index in [-0.39, 0.29) is 11.9 Å². The van der Waals surface area contributed by atoms with E-state index in [0.29, 0.717) is 6.42 Å². The molecule has 0 aliphatic heterocycles. The van der Waals surface area contributed by atoms with Crippen molar-refractivity contribution in [2.45, 2.75) is 19.3 Å². The molecular weight excluding hydrogens is 187 g/mol. The van der Waals surface area contributed by atoms with Gasteiger partial charge in [0.2, 0.25) is 13.3 Å². The maximum absolute atomic E-state index is 11.5. The molecule has 0 aliphatic carbocycles. The van der Waals surface area contributed by atoms with E-state index in [1.807, 2.05) is 37.2 Å². The van der Waals surface area contributed by atoms with Crippen molar-refractivity contribution in [1.82, 2.24) is 10.5 Å². The summed E-state index contributed by atoms with van der Waals surface area (Å²) in [7, 11) is 3.44. The van der Waals surface area contributed by atoms with Gasteiger partial charge in [0.1, 0.15) is 0 Å². The normalized spacial score (nSPS) is 11.9. The molecule has 0 bridgehead atoms. The van der Waals surface area contributed by atoms with Crippen LogP contribution in [0.25, 0.3) is 0 Å². The van der Waals surface area contributed by atoms with E-state index in [1.165, 1.54) is 0 Å². The van der Waals surface area contributed by atoms with Gasteiger partial charge in [0.15, 0.2) is 0 Å². The Morgan fingerprint density at radius 1 is 1.40 bits per heavy atom. The van der Waals surface area contributed by atoms with Gasteiger partial charge in [0.25, 0.3) is 0 Å². The highest BCUT2D eigenvalue weighted by atomic mass is 16.2. The Labute approximate surface area is 91.5 Å². The number of hydrogen-bond donors (Lipinski definition) is 2. The maximum atomic E-state index is 11.5. The summed E-state index contributed by atoms with van der Waals surface area (Å²) in [5.74, 6) is 0.0111. The van der Waals surface area contributed by atoms with Crippen LogP contribution in [0.3, 0.4) is 0 Å². The zero-order chi connectivity index (χ0) is 11.1. The Balaban J connectivity index is 2.62. The average molecular weight is 203 g/mol. The fourth-order valence-corrected chi connectivity index (χ4v) is 1.45. The standard InChI is InChI=1S/C11H16BN2O/c1-12-14-10(11(15)13-2)8-9-6-4-3-5-7-9/h3-7,10,14H,8H2,1-2H3,(H,13,15)/t10-/m0/s1. The number of nitrogens with one attached hydrogen (secondary N) is 2. The third-order valence-corrected chi connectivity index (χ3v) is 2.21. The summed E-state index contributed by atoms with van der Waals surface area (Å²) in [5.41, 5.74) is 1.15. The second-order valence-corrected chi connectivity index (χ2v) is 3.31. The highest BCUT2D eigenvalue weighted by Gasteiger charge is 2.15. The second kappa shape index (κ2) is 6.25. The van der Waals surface area contributed by atoms with Crippen LogP contribution in [0.4, 0.5) is 0 Å². The maximum Gasteiger partial charge on any atom is 0.236 e. The van der Waals surface area contributed by atoms with E-state index in [2.05, 4.69) is 10.5 Å². The van der Waals surface area contributed by atoms with E-state index in [4.69, 9.17) is 0 Å². The van der Waals surface area contributed by atoms with Crippen molar-refractivity contribution in [3.05, 3.63) is 35.9 Å². The molecule has 1 atom stereocenters. The van der Waals surface area contributed by atoms with Crippen LogP contribution < -0.4 is 10.5 Å². The molecule has 79 valence electrons. The molecule has 0 aliphatic rings. The van der Waals surface area contributed by atoms with Gasteiger partial charge in [0, 0.05) is 7.05 Å². The first-order valence-corrected chi connectivity index (χ1v) is 5.07. The fraction of sp³-hybridized carbons (Fsp3) is 0.364. The zero-order valence-electron chi connectivity index (χ0n) is 9.16. The summed E-state index contributed by atoms with van der Waals surface area (Å²) >= 11 is 0. The molecule has 0 saturated carbocycles. The van der Waals surface area contributed by atoms with Gasteiger partial charge in [-0.15, -0.1) is 0 Å². The van der Waals surface area contributed by atoms with Crippen LogP contribution in [0, 0.1) is 0 Å². The zero-order valence-corrected chi connectivity index (χ0v) is 9.16. The number of likely N-dealkylation sites (N-methyl/N-ethyl adjacent to an activating group) is 1. The molecule has 1 rings (SSSR count). The Morgan fingerprint density at radius 3 is 2.60 bits per heavy atom. The highest BCUT2D eigenvalue weighted by Crippen LogP contribution is 2.02. The second-order valence-electron chi connectivity index (χ2n) is 3.31. The number of benzene rings is 1. The average Bonchev–Trinajstić information content (AvgIpc) is 2.29. The van der Waals surface area contributed by atoms with Crippen LogP contribution in [-0.4, -0.2) is 26.4 Å². The third-order valence-electron chi connectivity index (χ3n) is 2.21. The van der Waals surface area contributed by atoms with Crippen molar-refractivity contribution in [1.29, 1.82) is 0 Å². The first-order valence-electron chi connectivity index (χ1n) is 5.07. The van der Waals surface area contributed by atoms with Crippen LogP contribution in [0.15, 0.2) is 30.3 Å². The van der Waals surface area contributed by atoms with Crippen molar-refractivity contribution in [2.24, 2.45) is 0 Å². The molecule has 1 aromatic rings. The summed E-state index contributed by atoms with van der Waals surface area (Å²) in [6.07, 6.45) is 0.699. The van der Waals surface area contributed by atoms with E-state index in [0.717, 1.165) is 5.56 Å². The van der Waals surface area contributed by atoms with Crippen molar-refractivity contribution >= 4 is 13.3 Å². The van der Waals surface area contributed by atoms with Gasteiger partial charge >= 0.3 is 0 Å². The van der Waals surface area contributed by atoms with Crippen molar-refractivity contribution in [3.8, 4) is 0 Å². The lowest BCUT2D eigenvalue weighted by Gasteiger charge is -2.15. The molecule has 1 aromatic carbocycles. The quantitative estimate of drug-likeness (QED) is 0.688. The van der Waals surface area contributed by atoms with Crippen molar-refractivity contribution in [3.63, 3.8) is 0 Å². The molecule has 0 fully saturated rings. The van der Waals surface area contributed by atoms with Crippen molar-refractivity contribution in [2.75, 3.05) is 7.05 Å². The summed E-state index contributed by atoms with van der Waals surface area (Å²) in [6, 6.07) is 9.78. The van der Waals surface area contributed by atoms with Crippen LogP contribution in [-0.2, 0) is 11.2 Å². The van der Waals surface area contributed by atoms with Crippen LogP contribution in [0.1, 0.15) is 5.56 Å². The predicted octanol–water partition coefficient (Wildman–Crippen LogP) is 0.601. The fourth-order valence-electron chi connectivity index (χ4n) is 1.45. The first-order chi connectivity index (χ1) is 7.27. The van der Waals surface area contributed by atoms with Crippen LogP contribution in [0.5, 0.6) is 0 Å². The molecule has 4 heteroatoms. The SMILES string of the molecule is C[B]N[C@@H](Cc1ccccc1)C(=O)NC. The molecule has 0 spiro atoms. The molecule has 3 nitrogen and oxygen atoms in total. The lowest BCUT2D eigenvalue weighted by Crippen LogP contribution is -2.45. The largest absolute Gasteiger partial charge is 0.358 e. The molecule has 0 unspecified atom stereocenters. The third kappa shape index (κ3) is 3.76. The Bertz CT molecular complexity index is 303. The van der Waals surface area contributed by atoms with Gasteiger partial charge in [-0.1, -0.05) is 37.2 Å². The molecule has 0 saturated heterocycles. The summed E-state index contributed by atoms with van der Waals surface area (Å²) in [4.78, 5) is 11.5. The minimum absolute atomic E-state index is 0.0111. The topological polar surface area (TPSA) is 41.1 Å². The van der Waals surface area contributed by atoms with Gasteiger partial charge in [0.05, 0.1) is 6.04 Å². The highest BCUT2D eigenvalue weighted by molar-refractivity contribution is 6.30. The Kier molecular flexibility index (Phi) is 4.91. The molecule has 2 N–H and O–H groups in total. The lowest BCUT2D eigenvalue weighted by molar-refractivity contribution is -0.122. The van der Waals surface area contributed by atoms with E-state index in [9.17, 15) is 4.79 Å². The van der Waals surface area contributed by atoms with Gasteiger partial charge in [-0.3, -0.25) is 4.79 Å². The molecule has 1 amide bonds. The molecule has 1 radical (unpaired) electrons. The van der Waals surface area contributed by atoms with E-state index in [1.54, 1.807) is 14.5 Å². The number of rotatable bonds is 5. The van der Waals surface area contributed by atoms with Gasteiger partial charge in [-0.05, 0) is 12.0 Å². The molecule has 0 aromatic heterocycles. The number of carbonyl (C=O) groups is 1.